The summed E-state index contributed by atoms with van der Waals surface area (Å²) < 4.78 is 16.3. The second-order valence-corrected chi connectivity index (χ2v) is 7.49. The Bertz CT molecular complexity index is 1250. The smallest absolute Gasteiger partial charge is 0.282 e. The highest BCUT2D eigenvalue weighted by Crippen LogP contribution is 2.41. The molecule has 7 heteroatoms. The van der Waals surface area contributed by atoms with E-state index in [-0.39, 0.29) is 11.3 Å². The van der Waals surface area contributed by atoms with Gasteiger partial charge in [-0.15, -0.1) is 0 Å². The van der Waals surface area contributed by atoms with E-state index in [4.69, 9.17) is 14.2 Å². The first-order valence-corrected chi connectivity index (χ1v) is 10.9. The van der Waals surface area contributed by atoms with E-state index in [0.717, 1.165) is 5.69 Å². The number of benzene rings is 3. The third kappa shape index (κ3) is 3.85. The number of carbonyl (C=O) groups is 2. The second-order valence-electron chi connectivity index (χ2n) is 7.49. The van der Waals surface area contributed by atoms with Gasteiger partial charge in [-0.1, -0.05) is 36.4 Å². The Kier molecular flexibility index (Phi) is 6.54. The maximum Gasteiger partial charge on any atom is 0.282 e. The van der Waals surface area contributed by atoms with Crippen LogP contribution in [0.2, 0.25) is 0 Å². The van der Waals surface area contributed by atoms with Crippen LogP contribution in [-0.2, 0) is 9.59 Å². The molecular weight excluding hydrogens is 432 g/mol. The van der Waals surface area contributed by atoms with E-state index >= 15 is 0 Å². The van der Waals surface area contributed by atoms with Gasteiger partial charge in [0.15, 0.2) is 11.5 Å². The predicted molar refractivity (Wildman–Crippen MR) is 131 cm³/mol. The highest BCUT2D eigenvalue weighted by Gasteiger charge is 2.43. The van der Waals surface area contributed by atoms with Gasteiger partial charge in [0.05, 0.1) is 32.6 Å². The highest BCUT2D eigenvalue weighted by atomic mass is 16.5. The molecule has 0 radical (unpaired) electrons. The Hall–Kier alpha value is -4.26. The highest BCUT2D eigenvalue weighted by molar-refractivity contribution is 6.46. The average Bonchev–Trinajstić information content (AvgIpc) is 3.14. The molecule has 4 rings (SSSR count). The van der Waals surface area contributed by atoms with Crippen molar-refractivity contribution < 1.29 is 23.8 Å². The lowest BCUT2D eigenvalue weighted by molar-refractivity contribution is -0.120. The molecule has 0 fully saturated rings. The van der Waals surface area contributed by atoms with Gasteiger partial charge in [0.25, 0.3) is 11.8 Å². The van der Waals surface area contributed by atoms with E-state index in [1.807, 2.05) is 54.3 Å². The summed E-state index contributed by atoms with van der Waals surface area (Å²) in [7, 11) is 4.58. The van der Waals surface area contributed by atoms with Gasteiger partial charge in [-0.3, -0.25) is 9.59 Å². The summed E-state index contributed by atoms with van der Waals surface area (Å²) in [5.41, 5.74) is 2.32. The van der Waals surface area contributed by atoms with Gasteiger partial charge < -0.3 is 19.1 Å². The molecule has 1 aliphatic heterocycles. The van der Waals surface area contributed by atoms with E-state index in [1.54, 1.807) is 37.4 Å². The molecule has 0 aliphatic carbocycles. The number of para-hydroxylation sites is 2. The van der Waals surface area contributed by atoms with Gasteiger partial charge in [-0.05, 0) is 37.3 Å². The number of anilines is 2. The van der Waals surface area contributed by atoms with Crippen LogP contribution >= 0.6 is 0 Å². The second kappa shape index (κ2) is 9.70. The van der Waals surface area contributed by atoms with Crippen molar-refractivity contribution in [3.05, 3.63) is 84.1 Å². The molecule has 0 spiro atoms. The fraction of sp³-hybridized carbons (Fsp3) is 0.185. The molecule has 2 amide bonds. The lowest BCUT2D eigenvalue weighted by atomic mass is 10.0. The van der Waals surface area contributed by atoms with Crippen molar-refractivity contribution in [2.45, 2.75) is 6.92 Å². The molecule has 174 valence electrons. The summed E-state index contributed by atoms with van der Waals surface area (Å²) in [5.74, 6) is 0.565. The molecule has 1 aliphatic rings. The number of nitrogens with zero attached hydrogens (tertiary/aromatic N) is 2. The zero-order chi connectivity index (χ0) is 24.2. The first-order chi connectivity index (χ1) is 16.5. The summed E-state index contributed by atoms with van der Waals surface area (Å²) in [4.78, 5) is 30.8. The molecule has 3 aromatic carbocycles. The van der Waals surface area contributed by atoms with E-state index in [0.29, 0.717) is 35.0 Å². The van der Waals surface area contributed by atoms with Crippen LogP contribution in [0.25, 0.3) is 5.57 Å². The summed E-state index contributed by atoms with van der Waals surface area (Å²) in [6.07, 6.45) is 0. The van der Waals surface area contributed by atoms with Crippen molar-refractivity contribution in [1.29, 1.82) is 0 Å². The Morgan fingerprint density at radius 3 is 2.03 bits per heavy atom. The maximum atomic E-state index is 13.9. The molecule has 34 heavy (non-hydrogen) atoms. The van der Waals surface area contributed by atoms with Crippen LogP contribution in [0.3, 0.4) is 0 Å². The van der Waals surface area contributed by atoms with Gasteiger partial charge in [-0.2, -0.15) is 0 Å². The molecule has 0 saturated carbocycles. The van der Waals surface area contributed by atoms with Gasteiger partial charge in [0.1, 0.15) is 11.4 Å². The average molecular weight is 459 g/mol. The topological polar surface area (TPSA) is 68.3 Å². The van der Waals surface area contributed by atoms with E-state index in [1.165, 1.54) is 19.1 Å². The van der Waals surface area contributed by atoms with Crippen molar-refractivity contribution in [2.75, 3.05) is 37.7 Å². The van der Waals surface area contributed by atoms with Crippen LogP contribution in [0.5, 0.6) is 17.2 Å². The fourth-order valence-electron chi connectivity index (χ4n) is 4.14. The number of methoxy groups -OCH3 is 3. The number of imide groups is 1. The Morgan fingerprint density at radius 1 is 0.735 bits per heavy atom. The lowest BCUT2D eigenvalue weighted by Gasteiger charge is -2.25. The van der Waals surface area contributed by atoms with Crippen LogP contribution in [-0.4, -0.2) is 39.7 Å². The van der Waals surface area contributed by atoms with Crippen LogP contribution in [0, 0.1) is 0 Å². The molecule has 3 aromatic rings. The Morgan fingerprint density at radius 2 is 1.38 bits per heavy atom. The van der Waals surface area contributed by atoms with Crippen LogP contribution < -0.4 is 24.0 Å². The molecule has 0 saturated heterocycles. The SMILES string of the molecule is CCN(C1=C(c2ccccc2OC)C(=O)N(c2ccc(OC)c(OC)c2)C1=O)c1ccccc1. The van der Waals surface area contributed by atoms with Crippen molar-refractivity contribution >= 4 is 28.8 Å². The minimum atomic E-state index is -0.439. The third-order valence-corrected chi connectivity index (χ3v) is 5.72. The normalized spacial score (nSPS) is 13.4. The van der Waals surface area contributed by atoms with E-state index in [2.05, 4.69) is 0 Å². The number of amides is 2. The largest absolute Gasteiger partial charge is 0.496 e. The molecule has 0 N–H and O–H groups in total. The standard InChI is InChI=1S/C27H26N2O5/c1-5-28(18-11-7-6-8-12-18)25-24(20-13-9-10-14-21(20)32-2)26(30)29(27(25)31)19-15-16-22(33-3)23(17-19)34-4/h6-17H,5H2,1-4H3. The summed E-state index contributed by atoms with van der Waals surface area (Å²) in [6, 6.07) is 21.7. The Labute approximate surface area is 198 Å². The van der Waals surface area contributed by atoms with Crippen LogP contribution in [0.15, 0.2) is 78.5 Å². The molecule has 0 unspecified atom stereocenters. The first kappa shape index (κ1) is 22.9. The first-order valence-electron chi connectivity index (χ1n) is 10.9. The van der Waals surface area contributed by atoms with Gasteiger partial charge in [0, 0.05) is 23.9 Å². The molecule has 0 aromatic heterocycles. The van der Waals surface area contributed by atoms with Gasteiger partial charge in [0.2, 0.25) is 0 Å². The number of carbonyl (C=O) groups excluding carboxylic acids is 2. The van der Waals surface area contributed by atoms with Crippen molar-refractivity contribution in [3.63, 3.8) is 0 Å². The predicted octanol–water partition coefficient (Wildman–Crippen LogP) is 4.52. The number of hydrogen-bond acceptors (Lipinski definition) is 6. The van der Waals surface area contributed by atoms with Crippen LogP contribution in [0.4, 0.5) is 11.4 Å². The van der Waals surface area contributed by atoms with E-state index in [9.17, 15) is 9.59 Å². The lowest BCUT2D eigenvalue weighted by Crippen LogP contribution is -2.35. The molecular formula is C27H26N2O5. The zero-order valence-corrected chi connectivity index (χ0v) is 19.6. The molecule has 0 bridgehead atoms. The van der Waals surface area contributed by atoms with Crippen molar-refractivity contribution in [3.8, 4) is 17.2 Å². The van der Waals surface area contributed by atoms with Crippen molar-refractivity contribution in [1.82, 2.24) is 0 Å². The third-order valence-electron chi connectivity index (χ3n) is 5.72. The van der Waals surface area contributed by atoms with Gasteiger partial charge in [-0.25, -0.2) is 4.90 Å². The summed E-state index contributed by atoms with van der Waals surface area (Å²) in [5, 5.41) is 0. The van der Waals surface area contributed by atoms with Crippen LogP contribution in [0.1, 0.15) is 12.5 Å². The van der Waals surface area contributed by atoms with Gasteiger partial charge >= 0.3 is 0 Å². The zero-order valence-electron chi connectivity index (χ0n) is 19.6. The number of ether oxygens (including phenoxy) is 3. The fourth-order valence-corrected chi connectivity index (χ4v) is 4.14. The number of likely N-dealkylation sites (N-methyl/N-ethyl adjacent to an activating group) is 1. The monoisotopic (exact) mass is 458 g/mol. The number of rotatable bonds is 8. The Balaban J connectivity index is 1.93. The number of hydrogen-bond donors (Lipinski definition) is 0. The quantitative estimate of drug-likeness (QED) is 0.462. The van der Waals surface area contributed by atoms with E-state index < -0.39 is 11.8 Å². The maximum absolute atomic E-state index is 13.9. The summed E-state index contributed by atoms with van der Waals surface area (Å²) >= 11 is 0. The van der Waals surface area contributed by atoms with Crippen molar-refractivity contribution in [2.24, 2.45) is 0 Å². The minimum absolute atomic E-state index is 0.280. The molecule has 0 atom stereocenters. The molecule has 7 nitrogen and oxygen atoms in total. The summed E-state index contributed by atoms with van der Waals surface area (Å²) in [6.45, 7) is 2.42. The molecule has 1 heterocycles. The minimum Gasteiger partial charge on any atom is -0.496 e.